The Balaban J connectivity index is 1.79. The molecule has 2 rings (SSSR count). The highest BCUT2D eigenvalue weighted by atomic mass is 127. The van der Waals surface area contributed by atoms with Crippen molar-refractivity contribution >= 4 is 22.6 Å². The van der Waals surface area contributed by atoms with Crippen LogP contribution < -0.4 is 4.74 Å². The second-order valence-electron chi connectivity index (χ2n) is 5.43. The summed E-state index contributed by atoms with van der Waals surface area (Å²) in [6, 6.07) is 7.88. The normalized spacial score (nSPS) is 23.7. The third-order valence-corrected chi connectivity index (χ3v) is 4.58. The molecule has 22 heavy (non-hydrogen) atoms. The zero-order chi connectivity index (χ0) is 15.8. The fourth-order valence-corrected chi connectivity index (χ4v) is 3.08. The number of rotatable bonds is 7. The van der Waals surface area contributed by atoms with Crippen LogP contribution in [0, 0.1) is 0 Å². The maximum absolute atomic E-state index is 9.09. The van der Waals surface area contributed by atoms with E-state index in [1.165, 1.54) is 5.57 Å². The molecule has 1 saturated heterocycles. The minimum Gasteiger partial charge on any atom is -0.497 e. The molecule has 1 aliphatic rings. The molecule has 4 nitrogen and oxygen atoms in total. The standard InChI is InChI=1S/C17H23IO4/c1-20-15-4-2-13(3-5-15)11-21-12-17-9-14(10-18)8-16(22-17)6-7-19/h2-5,10,16-17,19H,6-9,11-12H2,1H3/b14-10-/t16-,17-/m1/s1. The Morgan fingerprint density at radius 1 is 1.27 bits per heavy atom. The summed E-state index contributed by atoms with van der Waals surface area (Å²) in [5, 5.41) is 9.09. The molecular formula is C17H23IO4. The highest BCUT2D eigenvalue weighted by Gasteiger charge is 2.25. The molecule has 0 saturated carbocycles. The van der Waals surface area contributed by atoms with E-state index in [1.54, 1.807) is 7.11 Å². The van der Waals surface area contributed by atoms with E-state index in [4.69, 9.17) is 19.3 Å². The summed E-state index contributed by atoms with van der Waals surface area (Å²) in [5.74, 6) is 0.850. The zero-order valence-electron chi connectivity index (χ0n) is 12.8. The highest BCUT2D eigenvalue weighted by Crippen LogP contribution is 2.27. The van der Waals surface area contributed by atoms with Crippen LogP contribution >= 0.6 is 22.6 Å². The van der Waals surface area contributed by atoms with Gasteiger partial charge < -0.3 is 19.3 Å². The average molecular weight is 418 g/mol. The maximum atomic E-state index is 9.09. The van der Waals surface area contributed by atoms with Crippen molar-refractivity contribution in [2.24, 2.45) is 0 Å². The van der Waals surface area contributed by atoms with Crippen molar-refractivity contribution in [1.82, 2.24) is 0 Å². The van der Waals surface area contributed by atoms with Gasteiger partial charge in [-0.3, -0.25) is 0 Å². The van der Waals surface area contributed by atoms with Crippen molar-refractivity contribution in [1.29, 1.82) is 0 Å². The second-order valence-corrected chi connectivity index (χ2v) is 6.05. The maximum Gasteiger partial charge on any atom is 0.118 e. The first-order chi connectivity index (χ1) is 10.7. The summed E-state index contributed by atoms with van der Waals surface area (Å²) in [7, 11) is 1.66. The molecule has 0 aromatic heterocycles. The molecule has 1 heterocycles. The van der Waals surface area contributed by atoms with Crippen molar-refractivity contribution in [3.63, 3.8) is 0 Å². The zero-order valence-corrected chi connectivity index (χ0v) is 15.0. The topological polar surface area (TPSA) is 47.9 Å². The molecule has 0 unspecified atom stereocenters. The third kappa shape index (κ3) is 5.53. The van der Waals surface area contributed by atoms with Gasteiger partial charge in [0.15, 0.2) is 0 Å². The molecular weight excluding hydrogens is 395 g/mol. The number of benzene rings is 1. The van der Waals surface area contributed by atoms with Crippen LogP contribution in [0.15, 0.2) is 33.9 Å². The molecule has 1 fully saturated rings. The van der Waals surface area contributed by atoms with Crippen molar-refractivity contribution in [2.75, 3.05) is 20.3 Å². The summed E-state index contributed by atoms with van der Waals surface area (Å²) in [4.78, 5) is 0. The highest BCUT2D eigenvalue weighted by molar-refractivity contribution is 14.1. The number of aliphatic hydroxyl groups is 1. The molecule has 0 bridgehead atoms. The first kappa shape index (κ1) is 17.7. The van der Waals surface area contributed by atoms with Crippen LogP contribution in [-0.4, -0.2) is 37.6 Å². The van der Waals surface area contributed by atoms with Gasteiger partial charge in [-0.2, -0.15) is 0 Å². The Hall–Kier alpha value is -0.630. The van der Waals surface area contributed by atoms with Gasteiger partial charge in [0, 0.05) is 6.61 Å². The Kier molecular flexibility index (Phi) is 7.65. The molecule has 5 heteroatoms. The monoisotopic (exact) mass is 418 g/mol. The summed E-state index contributed by atoms with van der Waals surface area (Å²) >= 11 is 2.28. The predicted molar refractivity (Wildman–Crippen MR) is 94.4 cm³/mol. The van der Waals surface area contributed by atoms with Crippen LogP contribution in [0.4, 0.5) is 0 Å². The summed E-state index contributed by atoms with van der Waals surface area (Å²) in [5.41, 5.74) is 2.50. The lowest BCUT2D eigenvalue weighted by molar-refractivity contribution is -0.0803. The van der Waals surface area contributed by atoms with Crippen molar-refractivity contribution in [3.05, 3.63) is 39.5 Å². The smallest absolute Gasteiger partial charge is 0.118 e. The number of halogens is 1. The van der Waals surface area contributed by atoms with Gasteiger partial charge in [0.1, 0.15) is 5.75 Å². The first-order valence-electron chi connectivity index (χ1n) is 7.50. The molecule has 0 amide bonds. The van der Waals surface area contributed by atoms with E-state index < -0.39 is 0 Å². The largest absolute Gasteiger partial charge is 0.497 e. The van der Waals surface area contributed by atoms with E-state index in [-0.39, 0.29) is 18.8 Å². The van der Waals surface area contributed by atoms with Gasteiger partial charge in [0.25, 0.3) is 0 Å². The lowest BCUT2D eigenvalue weighted by atomic mass is 9.98. The van der Waals surface area contributed by atoms with Crippen LogP contribution in [0.25, 0.3) is 0 Å². The summed E-state index contributed by atoms with van der Waals surface area (Å²) < 4.78 is 19.0. The second kappa shape index (κ2) is 9.50. The van der Waals surface area contributed by atoms with Gasteiger partial charge in [-0.25, -0.2) is 0 Å². The molecule has 122 valence electrons. The molecule has 1 aliphatic heterocycles. The predicted octanol–water partition coefficient (Wildman–Crippen LogP) is 3.46. The van der Waals surface area contributed by atoms with Crippen LogP contribution in [0.2, 0.25) is 0 Å². The van der Waals surface area contributed by atoms with Gasteiger partial charge in [-0.15, -0.1) is 0 Å². The number of hydrogen-bond donors (Lipinski definition) is 1. The van der Waals surface area contributed by atoms with Crippen LogP contribution in [0.5, 0.6) is 5.75 Å². The molecule has 0 radical (unpaired) electrons. The third-order valence-electron chi connectivity index (χ3n) is 3.70. The summed E-state index contributed by atoms with van der Waals surface area (Å²) in [6.45, 7) is 1.30. The van der Waals surface area contributed by atoms with Crippen LogP contribution in [-0.2, 0) is 16.1 Å². The average Bonchev–Trinajstić information content (AvgIpc) is 2.55. The van der Waals surface area contributed by atoms with E-state index in [9.17, 15) is 0 Å². The van der Waals surface area contributed by atoms with E-state index >= 15 is 0 Å². The fourth-order valence-electron chi connectivity index (χ4n) is 2.57. The lowest BCUT2D eigenvalue weighted by Crippen LogP contribution is -2.32. The Labute approximate surface area is 145 Å². The lowest BCUT2D eigenvalue weighted by Gasteiger charge is -2.31. The van der Waals surface area contributed by atoms with E-state index in [0.717, 1.165) is 24.2 Å². The van der Waals surface area contributed by atoms with Crippen LogP contribution in [0.3, 0.4) is 0 Å². The summed E-state index contributed by atoms with van der Waals surface area (Å²) in [6.07, 6.45) is 2.69. The van der Waals surface area contributed by atoms with Gasteiger partial charge in [-0.05, 0) is 41.0 Å². The Morgan fingerprint density at radius 3 is 2.64 bits per heavy atom. The van der Waals surface area contributed by atoms with E-state index in [0.29, 0.717) is 19.6 Å². The minimum absolute atomic E-state index is 0.0737. The van der Waals surface area contributed by atoms with E-state index in [2.05, 4.69) is 26.7 Å². The first-order valence-corrected chi connectivity index (χ1v) is 8.74. The fraction of sp³-hybridized carbons (Fsp3) is 0.529. The molecule has 0 aliphatic carbocycles. The quantitative estimate of drug-likeness (QED) is 0.690. The molecule has 0 spiro atoms. The van der Waals surface area contributed by atoms with Gasteiger partial charge in [0.2, 0.25) is 0 Å². The number of methoxy groups -OCH3 is 1. The number of ether oxygens (including phenoxy) is 3. The molecule has 1 aromatic carbocycles. The SMILES string of the molecule is COc1ccc(COC[C@H]2C/C(=C\I)C[C@@H](CCO)O2)cc1. The minimum atomic E-state index is 0.0737. The molecule has 1 aromatic rings. The van der Waals surface area contributed by atoms with Crippen LogP contribution in [0.1, 0.15) is 24.8 Å². The number of aliphatic hydroxyl groups excluding tert-OH is 1. The van der Waals surface area contributed by atoms with Gasteiger partial charge >= 0.3 is 0 Å². The molecule has 1 N–H and O–H groups in total. The number of hydrogen-bond acceptors (Lipinski definition) is 4. The Bertz CT molecular complexity index is 472. The van der Waals surface area contributed by atoms with Crippen molar-refractivity contribution in [2.45, 2.75) is 38.1 Å². The van der Waals surface area contributed by atoms with Crippen molar-refractivity contribution in [3.8, 4) is 5.75 Å². The van der Waals surface area contributed by atoms with Gasteiger partial charge in [0.05, 0.1) is 32.5 Å². The van der Waals surface area contributed by atoms with Crippen molar-refractivity contribution < 1.29 is 19.3 Å². The van der Waals surface area contributed by atoms with Gasteiger partial charge in [-0.1, -0.05) is 40.3 Å². The Morgan fingerprint density at radius 2 is 2.00 bits per heavy atom. The van der Waals surface area contributed by atoms with E-state index in [1.807, 2.05) is 24.3 Å². The molecule has 2 atom stereocenters.